The number of anilines is 1. The van der Waals surface area contributed by atoms with Crippen molar-refractivity contribution in [3.63, 3.8) is 0 Å². The molecule has 106 valence electrons. The summed E-state index contributed by atoms with van der Waals surface area (Å²) in [5.41, 5.74) is 5.57. The number of benzene rings is 1. The molecule has 0 saturated carbocycles. The molecule has 20 heavy (non-hydrogen) atoms. The van der Waals surface area contributed by atoms with Crippen LogP contribution in [0.15, 0.2) is 23.6 Å². The summed E-state index contributed by atoms with van der Waals surface area (Å²) >= 11 is 1.50. The zero-order valence-electron chi connectivity index (χ0n) is 10.9. The van der Waals surface area contributed by atoms with E-state index in [9.17, 15) is 13.6 Å². The number of nitrogens with one attached hydrogen (secondary N) is 1. The Bertz CT molecular complexity index is 640. The average molecular weight is 296 g/mol. The maximum Gasteiger partial charge on any atom is 0.257 e. The van der Waals surface area contributed by atoms with E-state index in [4.69, 9.17) is 5.73 Å². The van der Waals surface area contributed by atoms with Crippen LogP contribution >= 0.6 is 11.3 Å². The first-order valence-corrected chi connectivity index (χ1v) is 6.99. The lowest BCUT2D eigenvalue weighted by atomic mass is 10.1. The van der Waals surface area contributed by atoms with E-state index in [1.807, 2.05) is 18.4 Å². The third-order valence-corrected chi connectivity index (χ3v) is 3.94. The molecule has 1 heterocycles. The third-order valence-electron chi connectivity index (χ3n) is 2.98. The molecule has 0 fully saturated rings. The van der Waals surface area contributed by atoms with Crippen molar-refractivity contribution in [1.29, 1.82) is 0 Å². The van der Waals surface area contributed by atoms with Crippen LogP contribution < -0.4 is 11.1 Å². The molecule has 0 saturated heterocycles. The van der Waals surface area contributed by atoms with E-state index in [0.29, 0.717) is 0 Å². The molecule has 2 rings (SSSR count). The molecule has 2 aromatic rings. The lowest BCUT2D eigenvalue weighted by Gasteiger charge is -2.08. The first-order valence-electron chi connectivity index (χ1n) is 6.11. The smallest absolute Gasteiger partial charge is 0.257 e. The molecule has 0 aliphatic rings. The fraction of sp³-hybridized carbons (Fsp3) is 0.214. The van der Waals surface area contributed by atoms with E-state index in [2.05, 4.69) is 5.32 Å². The molecule has 6 heteroatoms. The highest BCUT2D eigenvalue weighted by Crippen LogP contribution is 2.20. The second-order valence-corrected chi connectivity index (χ2v) is 5.23. The number of aryl methyl sites for hydroxylation is 1. The minimum absolute atomic E-state index is 0.243. The summed E-state index contributed by atoms with van der Waals surface area (Å²) in [5, 5.41) is 4.44. The summed E-state index contributed by atoms with van der Waals surface area (Å²) in [7, 11) is 0. The molecule has 0 aliphatic carbocycles. The van der Waals surface area contributed by atoms with Gasteiger partial charge >= 0.3 is 0 Å². The van der Waals surface area contributed by atoms with Crippen LogP contribution in [0.3, 0.4) is 0 Å². The Balaban J connectivity index is 2.15. The standard InChI is InChI=1S/C14H14F2N2OS/c1-2-8-5-6-20-11(8)7-18-14(19)12-9(15)3-4-10(17)13(12)16/h3-6H,2,7,17H2,1H3,(H,18,19). The van der Waals surface area contributed by atoms with Gasteiger partial charge in [-0.15, -0.1) is 11.3 Å². The van der Waals surface area contributed by atoms with Gasteiger partial charge in [-0.3, -0.25) is 4.79 Å². The van der Waals surface area contributed by atoms with E-state index < -0.39 is 23.1 Å². The Labute approximate surface area is 119 Å². The lowest BCUT2D eigenvalue weighted by Crippen LogP contribution is -2.25. The fourth-order valence-electron chi connectivity index (χ4n) is 1.86. The fourth-order valence-corrected chi connectivity index (χ4v) is 2.78. The largest absolute Gasteiger partial charge is 0.396 e. The molecule has 1 aromatic heterocycles. The zero-order valence-corrected chi connectivity index (χ0v) is 11.7. The van der Waals surface area contributed by atoms with Gasteiger partial charge in [0.05, 0.1) is 12.2 Å². The SMILES string of the molecule is CCc1ccsc1CNC(=O)c1c(F)ccc(N)c1F. The molecule has 0 aliphatic heterocycles. The van der Waals surface area contributed by atoms with Gasteiger partial charge in [-0.1, -0.05) is 6.92 Å². The van der Waals surface area contributed by atoms with Crippen LogP contribution in [0.4, 0.5) is 14.5 Å². The number of halogens is 2. The molecule has 0 radical (unpaired) electrons. The summed E-state index contributed by atoms with van der Waals surface area (Å²) in [5.74, 6) is -2.75. The first-order chi connectivity index (χ1) is 9.54. The third kappa shape index (κ3) is 2.80. The Hall–Kier alpha value is -1.95. The van der Waals surface area contributed by atoms with Crippen LogP contribution in [-0.2, 0) is 13.0 Å². The maximum absolute atomic E-state index is 13.7. The molecule has 3 nitrogen and oxygen atoms in total. The predicted octanol–water partition coefficient (Wildman–Crippen LogP) is 3.10. The summed E-state index contributed by atoms with van der Waals surface area (Å²) in [6.45, 7) is 2.25. The molecular formula is C14H14F2N2OS. The van der Waals surface area contributed by atoms with Gasteiger partial charge in [0.2, 0.25) is 0 Å². The Kier molecular flexibility index (Phi) is 4.34. The van der Waals surface area contributed by atoms with E-state index >= 15 is 0 Å². The van der Waals surface area contributed by atoms with Crippen molar-refractivity contribution in [2.24, 2.45) is 0 Å². The van der Waals surface area contributed by atoms with E-state index in [0.717, 1.165) is 29.0 Å². The van der Waals surface area contributed by atoms with Gasteiger partial charge in [0.15, 0.2) is 5.82 Å². The number of hydrogen-bond acceptors (Lipinski definition) is 3. The highest BCUT2D eigenvalue weighted by molar-refractivity contribution is 7.10. The number of carbonyl (C=O) groups is 1. The van der Waals surface area contributed by atoms with Crippen LogP contribution in [0.5, 0.6) is 0 Å². The van der Waals surface area contributed by atoms with Crippen molar-refractivity contribution < 1.29 is 13.6 Å². The van der Waals surface area contributed by atoms with Crippen molar-refractivity contribution >= 4 is 22.9 Å². The van der Waals surface area contributed by atoms with Crippen molar-refractivity contribution in [1.82, 2.24) is 5.32 Å². The van der Waals surface area contributed by atoms with Crippen molar-refractivity contribution in [2.45, 2.75) is 19.9 Å². The summed E-state index contributed by atoms with van der Waals surface area (Å²) in [6, 6.07) is 4.04. The highest BCUT2D eigenvalue weighted by atomic mass is 32.1. The molecule has 0 spiro atoms. The topological polar surface area (TPSA) is 55.1 Å². The Morgan fingerprint density at radius 3 is 2.80 bits per heavy atom. The van der Waals surface area contributed by atoms with Gasteiger partial charge in [0, 0.05) is 4.88 Å². The Morgan fingerprint density at radius 1 is 1.35 bits per heavy atom. The van der Waals surface area contributed by atoms with Crippen LogP contribution in [0.1, 0.15) is 27.7 Å². The van der Waals surface area contributed by atoms with Crippen LogP contribution in [0, 0.1) is 11.6 Å². The molecule has 1 aromatic carbocycles. The molecule has 1 amide bonds. The quantitative estimate of drug-likeness (QED) is 0.852. The summed E-state index contributed by atoms with van der Waals surface area (Å²) < 4.78 is 27.2. The summed E-state index contributed by atoms with van der Waals surface area (Å²) in [4.78, 5) is 12.9. The first kappa shape index (κ1) is 14.5. The van der Waals surface area contributed by atoms with Gasteiger partial charge in [-0.2, -0.15) is 0 Å². The average Bonchev–Trinajstić information content (AvgIpc) is 2.88. The monoisotopic (exact) mass is 296 g/mol. The maximum atomic E-state index is 13.7. The number of carbonyl (C=O) groups excluding carboxylic acids is 1. The molecule has 0 unspecified atom stereocenters. The molecular weight excluding hydrogens is 282 g/mol. The molecule has 0 atom stereocenters. The number of amides is 1. The van der Waals surface area contributed by atoms with E-state index in [1.165, 1.54) is 11.3 Å². The van der Waals surface area contributed by atoms with E-state index in [-0.39, 0.29) is 12.2 Å². The lowest BCUT2D eigenvalue weighted by molar-refractivity contribution is 0.0943. The highest BCUT2D eigenvalue weighted by Gasteiger charge is 2.19. The molecule has 3 N–H and O–H groups in total. The van der Waals surface area contributed by atoms with Crippen molar-refractivity contribution in [3.05, 3.63) is 51.2 Å². The number of nitrogens with two attached hydrogens (primary N) is 1. The zero-order chi connectivity index (χ0) is 14.7. The van der Waals surface area contributed by atoms with E-state index in [1.54, 1.807) is 0 Å². The minimum atomic E-state index is -1.02. The van der Waals surface area contributed by atoms with Crippen LogP contribution in [0.25, 0.3) is 0 Å². The van der Waals surface area contributed by atoms with Crippen molar-refractivity contribution in [3.8, 4) is 0 Å². The second-order valence-electron chi connectivity index (χ2n) is 4.23. The van der Waals surface area contributed by atoms with Crippen molar-refractivity contribution in [2.75, 3.05) is 5.73 Å². The van der Waals surface area contributed by atoms with Crippen LogP contribution in [-0.4, -0.2) is 5.91 Å². The van der Waals surface area contributed by atoms with Gasteiger partial charge in [-0.05, 0) is 35.6 Å². The minimum Gasteiger partial charge on any atom is -0.396 e. The second kappa shape index (κ2) is 6.00. The van der Waals surface area contributed by atoms with Gasteiger partial charge < -0.3 is 11.1 Å². The normalized spacial score (nSPS) is 10.6. The number of hydrogen-bond donors (Lipinski definition) is 2. The van der Waals surface area contributed by atoms with Gasteiger partial charge in [0.1, 0.15) is 11.4 Å². The molecule has 0 bridgehead atoms. The van der Waals surface area contributed by atoms with Crippen LogP contribution in [0.2, 0.25) is 0 Å². The number of rotatable bonds is 4. The number of nitrogen functional groups attached to an aromatic ring is 1. The Morgan fingerprint density at radius 2 is 2.10 bits per heavy atom. The van der Waals surface area contributed by atoms with Gasteiger partial charge in [-0.25, -0.2) is 8.78 Å². The number of thiophene rings is 1. The summed E-state index contributed by atoms with van der Waals surface area (Å²) in [6.07, 6.45) is 0.843. The predicted molar refractivity (Wildman–Crippen MR) is 75.6 cm³/mol. The van der Waals surface area contributed by atoms with Gasteiger partial charge in [0.25, 0.3) is 5.91 Å².